The van der Waals surface area contributed by atoms with E-state index in [0.717, 1.165) is 10.8 Å². The fourth-order valence-corrected chi connectivity index (χ4v) is 3.05. The molecule has 0 N–H and O–H groups in total. The van der Waals surface area contributed by atoms with Gasteiger partial charge in [-0.3, -0.25) is 0 Å². The first-order valence-corrected chi connectivity index (χ1v) is 8.81. The van der Waals surface area contributed by atoms with Crippen molar-refractivity contribution in [2.24, 2.45) is 0 Å². The average molecular weight is 222 g/mol. The van der Waals surface area contributed by atoms with Crippen molar-refractivity contribution in [3.05, 3.63) is 35.9 Å². The van der Waals surface area contributed by atoms with E-state index < -0.39 is 14.3 Å². The molecule has 0 aliphatic rings. The van der Waals surface area contributed by atoms with Crippen molar-refractivity contribution >= 4 is 19.0 Å². The third kappa shape index (κ3) is 2.21. The fraction of sp³-hybridized carbons (Fsp3) is 0.300. The Morgan fingerprint density at radius 2 is 1.92 bits per heavy atom. The molecule has 1 radical (unpaired) electrons. The molecule has 0 heterocycles. The van der Waals surface area contributed by atoms with Crippen LogP contribution in [-0.2, 0) is 0 Å². The summed E-state index contributed by atoms with van der Waals surface area (Å²) in [5.41, 5.74) is 0.900. The summed E-state index contributed by atoms with van der Waals surface area (Å²) in [6.07, 6.45) is 0. The second-order valence-corrected chi connectivity index (χ2v) is 8.54. The van der Waals surface area contributed by atoms with Crippen LogP contribution in [0.25, 0.3) is 0 Å². The molecule has 12 heavy (non-hydrogen) atoms. The zero-order valence-corrected chi connectivity index (χ0v) is 9.60. The summed E-state index contributed by atoms with van der Waals surface area (Å²) in [4.78, 5) is 11.6. The van der Waals surface area contributed by atoms with Crippen LogP contribution in [-0.4, -0.2) is 19.0 Å². The van der Waals surface area contributed by atoms with E-state index in [1.165, 1.54) is 0 Å². The number of rotatable bonds is 3. The summed E-state index contributed by atoms with van der Waals surface area (Å²) in [6, 6.07) is 9.62. The molecule has 0 amide bonds. The van der Waals surface area contributed by atoms with Crippen molar-refractivity contribution in [2.75, 3.05) is 0 Å². The van der Waals surface area contributed by atoms with Crippen LogP contribution in [0.5, 0.6) is 0 Å². The standard InChI is InChI=1S/C10H13GeO/c1-3-11(2)10(12)9-7-5-4-6-8-9/h4-8H,3H2,1-2H3. The van der Waals surface area contributed by atoms with Gasteiger partial charge in [0.2, 0.25) is 0 Å². The van der Waals surface area contributed by atoms with Gasteiger partial charge in [-0.25, -0.2) is 0 Å². The van der Waals surface area contributed by atoms with E-state index in [1.54, 1.807) is 0 Å². The van der Waals surface area contributed by atoms with Crippen LogP contribution < -0.4 is 0 Å². The van der Waals surface area contributed by atoms with Crippen LogP contribution in [0.4, 0.5) is 0 Å². The van der Waals surface area contributed by atoms with Gasteiger partial charge >= 0.3 is 77.6 Å². The molecule has 0 aliphatic heterocycles. The molecule has 0 saturated carbocycles. The van der Waals surface area contributed by atoms with Gasteiger partial charge < -0.3 is 0 Å². The van der Waals surface area contributed by atoms with Gasteiger partial charge in [-0.2, -0.15) is 0 Å². The maximum atomic E-state index is 11.6. The molecule has 63 valence electrons. The summed E-state index contributed by atoms with van der Waals surface area (Å²) in [6.45, 7) is 2.11. The fourth-order valence-electron chi connectivity index (χ4n) is 0.996. The summed E-state index contributed by atoms with van der Waals surface area (Å²) >= 11 is -1.40. The molecule has 1 nitrogen and oxygen atoms in total. The number of benzene rings is 1. The summed E-state index contributed by atoms with van der Waals surface area (Å²) < 4.78 is 0.415. The Balaban J connectivity index is 2.79. The van der Waals surface area contributed by atoms with Crippen molar-refractivity contribution in [1.82, 2.24) is 0 Å². The third-order valence-electron chi connectivity index (χ3n) is 1.95. The molecule has 2 heteroatoms. The molecule has 1 aromatic rings. The third-order valence-corrected chi connectivity index (χ3v) is 6.41. The van der Waals surface area contributed by atoms with Crippen LogP contribution >= 0.6 is 0 Å². The van der Waals surface area contributed by atoms with Gasteiger partial charge in [0.25, 0.3) is 0 Å². The molecule has 0 unspecified atom stereocenters. The van der Waals surface area contributed by atoms with Gasteiger partial charge in [-0.1, -0.05) is 0 Å². The van der Waals surface area contributed by atoms with Crippen LogP contribution in [0.1, 0.15) is 17.3 Å². The first-order chi connectivity index (χ1) is 5.75. The van der Waals surface area contributed by atoms with E-state index in [2.05, 4.69) is 12.7 Å². The van der Waals surface area contributed by atoms with E-state index >= 15 is 0 Å². The Kier molecular flexibility index (Phi) is 3.54. The summed E-state index contributed by atoms with van der Waals surface area (Å²) in [5, 5.41) is 1.08. The molecular formula is C10H13GeO. The van der Waals surface area contributed by atoms with Gasteiger partial charge in [0.15, 0.2) is 0 Å². The molecule has 0 spiro atoms. The quantitative estimate of drug-likeness (QED) is 0.718. The molecule has 0 saturated heterocycles. The van der Waals surface area contributed by atoms with Crippen LogP contribution in [0.15, 0.2) is 30.3 Å². The molecule has 0 atom stereocenters. The van der Waals surface area contributed by atoms with Crippen molar-refractivity contribution < 1.29 is 4.79 Å². The minimum atomic E-state index is -1.40. The molecule has 0 aliphatic carbocycles. The topological polar surface area (TPSA) is 17.1 Å². The van der Waals surface area contributed by atoms with Crippen LogP contribution in [0.2, 0.25) is 11.0 Å². The number of carbonyl (C=O) groups excluding carboxylic acids is 1. The molecule has 0 fully saturated rings. The van der Waals surface area contributed by atoms with E-state index in [9.17, 15) is 4.79 Å². The Bertz CT molecular complexity index is 256. The maximum absolute atomic E-state index is 11.6. The Morgan fingerprint density at radius 1 is 1.33 bits per heavy atom. The zero-order chi connectivity index (χ0) is 8.97. The first kappa shape index (κ1) is 9.52. The molecule has 1 aromatic carbocycles. The predicted molar refractivity (Wildman–Crippen MR) is 52.9 cm³/mol. The normalized spacial score (nSPS) is 10.2. The van der Waals surface area contributed by atoms with Crippen LogP contribution in [0.3, 0.4) is 0 Å². The molecule has 0 aromatic heterocycles. The van der Waals surface area contributed by atoms with E-state index in [-0.39, 0.29) is 0 Å². The van der Waals surface area contributed by atoms with E-state index in [4.69, 9.17) is 0 Å². The second-order valence-electron chi connectivity index (χ2n) is 2.83. The first-order valence-electron chi connectivity index (χ1n) is 4.18. The summed E-state index contributed by atoms with van der Waals surface area (Å²) in [7, 11) is 0. The molecule has 1 rings (SSSR count). The molecular weight excluding hydrogens is 209 g/mol. The van der Waals surface area contributed by atoms with Crippen molar-refractivity contribution in [2.45, 2.75) is 17.9 Å². The monoisotopic (exact) mass is 223 g/mol. The number of hydrogen-bond acceptors (Lipinski definition) is 1. The van der Waals surface area contributed by atoms with Crippen molar-refractivity contribution in [3.8, 4) is 0 Å². The predicted octanol–water partition coefficient (Wildman–Crippen LogP) is 2.55. The Labute approximate surface area is 77.9 Å². The Hall–Kier alpha value is -0.567. The van der Waals surface area contributed by atoms with E-state index in [1.807, 2.05) is 30.3 Å². The second kappa shape index (κ2) is 4.46. The van der Waals surface area contributed by atoms with Crippen molar-refractivity contribution in [3.63, 3.8) is 0 Å². The van der Waals surface area contributed by atoms with Crippen LogP contribution in [0, 0.1) is 0 Å². The van der Waals surface area contributed by atoms with Gasteiger partial charge in [-0.15, -0.1) is 0 Å². The summed E-state index contributed by atoms with van der Waals surface area (Å²) in [5.74, 6) is 2.13. The van der Waals surface area contributed by atoms with Gasteiger partial charge in [0, 0.05) is 0 Å². The zero-order valence-electron chi connectivity index (χ0n) is 7.50. The number of carbonyl (C=O) groups is 1. The minimum absolute atomic E-state index is 0.415. The average Bonchev–Trinajstić information content (AvgIpc) is 2.17. The van der Waals surface area contributed by atoms with E-state index in [0.29, 0.717) is 4.62 Å². The van der Waals surface area contributed by atoms with Gasteiger partial charge in [0.1, 0.15) is 0 Å². The van der Waals surface area contributed by atoms with Crippen molar-refractivity contribution in [1.29, 1.82) is 0 Å². The van der Waals surface area contributed by atoms with Gasteiger partial charge in [-0.05, 0) is 0 Å². The van der Waals surface area contributed by atoms with Gasteiger partial charge in [0.05, 0.1) is 0 Å². The molecule has 0 bridgehead atoms. The number of hydrogen-bond donors (Lipinski definition) is 0. The Morgan fingerprint density at radius 3 is 2.42 bits per heavy atom. The SMILES string of the molecule is C[CH2][Ge]([CH3])[C](=O)c1ccccc1.